The van der Waals surface area contributed by atoms with Crippen LogP contribution in [0.1, 0.15) is 55.3 Å². The zero-order valence-electron chi connectivity index (χ0n) is 28.3. The van der Waals surface area contributed by atoms with Crippen LogP contribution in [-0.2, 0) is 27.1 Å². The number of amides is 1. The lowest BCUT2D eigenvalue weighted by molar-refractivity contribution is 0.0696. The van der Waals surface area contributed by atoms with Crippen molar-refractivity contribution < 1.29 is 19.4 Å². The minimum atomic E-state index is -1.05. The highest BCUT2D eigenvalue weighted by Crippen LogP contribution is 2.44. The summed E-state index contributed by atoms with van der Waals surface area (Å²) in [6.07, 6.45) is 3.11. The molecule has 11 heteroatoms. The van der Waals surface area contributed by atoms with Gasteiger partial charge in [-0.2, -0.15) is 5.10 Å². The Bertz CT molecular complexity index is 2320. The molecular formula is C38H37Cl2N5O4. The van der Waals surface area contributed by atoms with E-state index in [0.29, 0.717) is 48.9 Å². The Morgan fingerprint density at radius 2 is 1.69 bits per heavy atom. The standard InChI is InChI=1S/C38H37Cl2N5O4/c1-20-16-25(17-21(2)34(20)40)49-15-7-8-26-27-9-10-29(39)33(32-22(3)41-43(6)23(32)4)35(27)45-14-13-44(37(46)36(26)45)31-19-24(38(47)48)18-30-28(31)11-12-42(30)5/h9-12,16-19H,7-8,13-15H2,1-6H3,(H,47,48). The summed E-state index contributed by atoms with van der Waals surface area (Å²) in [6, 6.07) is 13.0. The van der Waals surface area contributed by atoms with Crippen LogP contribution in [-0.4, -0.2) is 49.0 Å². The van der Waals surface area contributed by atoms with Crippen molar-refractivity contribution in [1.29, 1.82) is 0 Å². The molecule has 0 saturated heterocycles. The number of carboxylic acids is 1. The predicted octanol–water partition coefficient (Wildman–Crippen LogP) is 8.44. The molecule has 6 aromatic rings. The van der Waals surface area contributed by atoms with Crippen molar-refractivity contribution in [3.8, 4) is 16.9 Å². The Kier molecular flexibility index (Phi) is 8.24. The van der Waals surface area contributed by atoms with Crippen LogP contribution in [0.25, 0.3) is 32.9 Å². The number of carbonyl (C=O) groups is 2. The van der Waals surface area contributed by atoms with Gasteiger partial charge >= 0.3 is 5.97 Å². The number of hydrogen-bond donors (Lipinski definition) is 1. The highest BCUT2D eigenvalue weighted by molar-refractivity contribution is 6.35. The number of benzene rings is 3. The summed E-state index contributed by atoms with van der Waals surface area (Å²) in [5.74, 6) is -0.472. The molecule has 0 radical (unpaired) electrons. The van der Waals surface area contributed by atoms with Crippen molar-refractivity contribution in [3.63, 3.8) is 0 Å². The first-order valence-corrected chi connectivity index (χ1v) is 17.0. The van der Waals surface area contributed by atoms with Gasteiger partial charge in [-0.25, -0.2) is 4.79 Å². The molecule has 4 heterocycles. The van der Waals surface area contributed by atoms with Gasteiger partial charge in [0, 0.05) is 66.0 Å². The lowest BCUT2D eigenvalue weighted by atomic mass is 9.98. The van der Waals surface area contributed by atoms with Crippen LogP contribution in [0.3, 0.4) is 0 Å². The number of hydrogen-bond acceptors (Lipinski definition) is 4. The van der Waals surface area contributed by atoms with E-state index in [1.54, 1.807) is 17.0 Å². The lowest BCUT2D eigenvalue weighted by Crippen LogP contribution is -2.41. The molecule has 0 aliphatic carbocycles. The second-order valence-corrected chi connectivity index (χ2v) is 13.7. The summed E-state index contributed by atoms with van der Waals surface area (Å²) in [4.78, 5) is 28.7. The molecule has 7 rings (SSSR count). The van der Waals surface area contributed by atoms with E-state index in [-0.39, 0.29) is 11.5 Å². The Morgan fingerprint density at radius 1 is 0.959 bits per heavy atom. The molecule has 1 N–H and O–H groups in total. The van der Waals surface area contributed by atoms with Crippen molar-refractivity contribution in [2.45, 2.75) is 47.1 Å². The Morgan fingerprint density at radius 3 is 2.37 bits per heavy atom. The van der Waals surface area contributed by atoms with Crippen LogP contribution < -0.4 is 9.64 Å². The average Bonchev–Trinajstić information content (AvgIpc) is 3.68. The summed E-state index contributed by atoms with van der Waals surface area (Å²) < 4.78 is 12.0. The summed E-state index contributed by atoms with van der Waals surface area (Å²) in [5, 5.41) is 17.7. The fourth-order valence-corrected chi connectivity index (χ4v) is 7.73. The van der Waals surface area contributed by atoms with Crippen molar-refractivity contribution >= 4 is 62.6 Å². The van der Waals surface area contributed by atoms with Crippen molar-refractivity contribution in [2.75, 3.05) is 18.1 Å². The molecule has 49 heavy (non-hydrogen) atoms. The van der Waals surface area contributed by atoms with Crippen LogP contribution in [0, 0.1) is 27.7 Å². The summed E-state index contributed by atoms with van der Waals surface area (Å²) in [5.41, 5.74) is 9.41. The third-order valence-electron chi connectivity index (χ3n) is 9.80. The molecule has 0 spiro atoms. The molecule has 0 atom stereocenters. The minimum absolute atomic E-state index is 0.129. The van der Waals surface area contributed by atoms with E-state index in [1.165, 1.54) is 0 Å². The Balaban J connectivity index is 1.36. The van der Waals surface area contributed by atoms with Gasteiger partial charge in [-0.15, -0.1) is 0 Å². The van der Waals surface area contributed by atoms with Crippen LogP contribution in [0.2, 0.25) is 10.0 Å². The number of aromatic nitrogens is 4. The number of aromatic carboxylic acids is 1. The van der Waals surface area contributed by atoms with Crippen molar-refractivity contribution in [3.05, 3.63) is 98.0 Å². The van der Waals surface area contributed by atoms with E-state index in [1.807, 2.05) is 87.6 Å². The molecule has 1 aliphatic rings. The molecule has 3 aromatic carbocycles. The second-order valence-electron chi connectivity index (χ2n) is 12.9. The quantitative estimate of drug-likeness (QED) is 0.161. The maximum atomic E-state index is 14.8. The monoisotopic (exact) mass is 697 g/mol. The molecule has 0 bridgehead atoms. The maximum Gasteiger partial charge on any atom is 0.335 e. The summed E-state index contributed by atoms with van der Waals surface area (Å²) in [6.45, 7) is 9.22. The Labute approximate surface area is 294 Å². The fourth-order valence-electron chi connectivity index (χ4n) is 7.37. The number of anilines is 1. The number of rotatable bonds is 8. The van der Waals surface area contributed by atoms with Gasteiger partial charge < -0.3 is 23.9 Å². The fraction of sp³-hybridized carbons (Fsp3) is 0.289. The van der Waals surface area contributed by atoms with E-state index in [0.717, 1.165) is 71.8 Å². The zero-order chi connectivity index (χ0) is 34.9. The topological polar surface area (TPSA) is 94.5 Å². The molecule has 0 unspecified atom stereocenters. The first kappa shape index (κ1) is 32.8. The molecule has 3 aromatic heterocycles. The average molecular weight is 699 g/mol. The summed E-state index contributed by atoms with van der Waals surface area (Å²) >= 11 is 13.4. The van der Waals surface area contributed by atoms with Gasteiger partial charge in [0.2, 0.25) is 0 Å². The number of carbonyl (C=O) groups excluding carboxylic acids is 1. The maximum absolute atomic E-state index is 14.8. The number of nitrogens with zero attached hydrogens (tertiary/aromatic N) is 5. The molecule has 1 aliphatic heterocycles. The van der Waals surface area contributed by atoms with Gasteiger partial charge in [-0.3, -0.25) is 9.48 Å². The third kappa shape index (κ3) is 5.36. The Hall–Kier alpha value is -4.73. The zero-order valence-corrected chi connectivity index (χ0v) is 29.8. The number of ether oxygens (including phenoxy) is 1. The number of fused-ring (bicyclic) bond motifs is 4. The van der Waals surface area contributed by atoms with E-state index >= 15 is 0 Å². The third-order valence-corrected chi connectivity index (χ3v) is 10.7. The van der Waals surface area contributed by atoms with Gasteiger partial charge in [0.15, 0.2) is 0 Å². The van der Waals surface area contributed by atoms with Gasteiger partial charge in [0.1, 0.15) is 11.4 Å². The van der Waals surface area contributed by atoms with Gasteiger partial charge in [0.05, 0.1) is 39.6 Å². The number of aryl methyl sites for hydroxylation is 6. The minimum Gasteiger partial charge on any atom is -0.494 e. The van der Waals surface area contributed by atoms with Crippen LogP contribution >= 0.6 is 23.2 Å². The van der Waals surface area contributed by atoms with E-state index in [2.05, 4.69) is 9.67 Å². The highest BCUT2D eigenvalue weighted by Gasteiger charge is 2.34. The molecular weight excluding hydrogens is 661 g/mol. The van der Waals surface area contributed by atoms with E-state index in [4.69, 9.17) is 27.9 Å². The van der Waals surface area contributed by atoms with Crippen molar-refractivity contribution in [1.82, 2.24) is 18.9 Å². The van der Waals surface area contributed by atoms with E-state index < -0.39 is 5.97 Å². The summed E-state index contributed by atoms with van der Waals surface area (Å²) in [7, 11) is 3.79. The molecule has 9 nitrogen and oxygen atoms in total. The van der Waals surface area contributed by atoms with Crippen LogP contribution in [0.4, 0.5) is 5.69 Å². The van der Waals surface area contributed by atoms with Gasteiger partial charge in [-0.1, -0.05) is 29.3 Å². The number of carboxylic acid groups (broad SMARTS) is 1. The van der Waals surface area contributed by atoms with Crippen LogP contribution in [0.5, 0.6) is 5.75 Å². The molecule has 0 fully saturated rings. The normalized spacial score (nSPS) is 13.1. The predicted molar refractivity (Wildman–Crippen MR) is 195 cm³/mol. The lowest BCUT2D eigenvalue weighted by Gasteiger charge is -2.30. The van der Waals surface area contributed by atoms with Gasteiger partial charge in [-0.05, 0) is 93.6 Å². The van der Waals surface area contributed by atoms with Crippen molar-refractivity contribution in [2.24, 2.45) is 14.1 Å². The van der Waals surface area contributed by atoms with Crippen LogP contribution in [0.15, 0.2) is 48.7 Å². The van der Waals surface area contributed by atoms with E-state index in [9.17, 15) is 14.7 Å². The number of halogens is 2. The largest absolute Gasteiger partial charge is 0.494 e. The SMILES string of the molecule is Cc1cc(OCCCc2c3n(c4c(-c5c(C)nn(C)c5C)c(Cl)ccc24)CCN(c2cc(C(=O)O)cc4c2ccn4C)C3=O)cc(C)c1Cl. The molecule has 0 saturated carbocycles. The first-order valence-electron chi connectivity index (χ1n) is 16.2. The molecule has 1 amide bonds. The molecule has 252 valence electrons. The second kappa shape index (κ2) is 12.3. The highest BCUT2D eigenvalue weighted by atomic mass is 35.5. The first-order chi connectivity index (χ1) is 23.4. The van der Waals surface area contributed by atoms with Gasteiger partial charge in [0.25, 0.3) is 5.91 Å². The smallest absolute Gasteiger partial charge is 0.335 e.